The lowest BCUT2D eigenvalue weighted by Gasteiger charge is -2.13. The molecule has 0 aliphatic carbocycles. The largest absolute Gasteiger partial charge is 0.474 e. The molecular formula is C13H19N3OS. The summed E-state index contributed by atoms with van der Waals surface area (Å²) in [5, 5.41) is 4.16. The van der Waals surface area contributed by atoms with Gasteiger partial charge >= 0.3 is 0 Å². The fraction of sp³-hybridized carbons (Fsp3) is 0.538. The van der Waals surface area contributed by atoms with E-state index in [4.69, 9.17) is 4.74 Å². The zero-order chi connectivity index (χ0) is 13.1. The monoisotopic (exact) mass is 265 g/mol. The minimum absolute atomic E-state index is 0.165. The molecule has 0 spiro atoms. The smallest absolute Gasteiger partial charge is 0.227 e. The summed E-state index contributed by atoms with van der Waals surface area (Å²) in [6.07, 6.45) is 1.13. The molecule has 18 heavy (non-hydrogen) atoms. The van der Waals surface area contributed by atoms with Crippen molar-refractivity contribution >= 4 is 27.5 Å². The summed E-state index contributed by atoms with van der Waals surface area (Å²) in [6.45, 7) is 9.07. The van der Waals surface area contributed by atoms with Crippen molar-refractivity contribution in [3.8, 4) is 5.88 Å². The minimum atomic E-state index is 0.165. The van der Waals surface area contributed by atoms with Crippen molar-refractivity contribution in [3.63, 3.8) is 0 Å². The Bertz CT molecular complexity index is 538. The van der Waals surface area contributed by atoms with Gasteiger partial charge in [0.1, 0.15) is 4.83 Å². The lowest BCUT2D eigenvalue weighted by molar-refractivity contribution is 0.212. The predicted molar refractivity (Wildman–Crippen MR) is 76.7 cm³/mol. The molecule has 0 bridgehead atoms. The first-order valence-electron chi connectivity index (χ1n) is 6.32. The number of aryl methyl sites for hydroxylation is 1. The molecule has 2 rings (SSSR count). The van der Waals surface area contributed by atoms with Crippen LogP contribution in [0.5, 0.6) is 5.88 Å². The van der Waals surface area contributed by atoms with Gasteiger partial charge in [0.15, 0.2) is 0 Å². The summed E-state index contributed by atoms with van der Waals surface area (Å²) in [7, 11) is 0. The number of ether oxygens (including phenoxy) is 1. The van der Waals surface area contributed by atoms with E-state index in [1.807, 2.05) is 6.92 Å². The SMILES string of the molecule is CCNc1nc(OC(C)CC)c2cc(C)sc2n1. The van der Waals surface area contributed by atoms with E-state index < -0.39 is 0 Å². The molecule has 4 nitrogen and oxygen atoms in total. The first kappa shape index (κ1) is 13.1. The third-order valence-corrected chi connectivity index (χ3v) is 3.65. The Morgan fingerprint density at radius 2 is 2.17 bits per heavy atom. The zero-order valence-corrected chi connectivity index (χ0v) is 12.1. The van der Waals surface area contributed by atoms with Gasteiger partial charge in [-0.15, -0.1) is 11.3 Å². The van der Waals surface area contributed by atoms with Crippen LogP contribution in [0.15, 0.2) is 6.07 Å². The second-order valence-electron chi connectivity index (χ2n) is 4.30. The minimum Gasteiger partial charge on any atom is -0.474 e. The molecular weight excluding hydrogens is 246 g/mol. The number of fused-ring (bicyclic) bond motifs is 1. The number of rotatable bonds is 5. The summed E-state index contributed by atoms with van der Waals surface area (Å²) < 4.78 is 5.89. The second-order valence-corrected chi connectivity index (χ2v) is 5.53. The van der Waals surface area contributed by atoms with Gasteiger partial charge in [0.2, 0.25) is 11.8 Å². The Morgan fingerprint density at radius 1 is 1.39 bits per heavy atom. The molecule has 0 saturated carbocycles. The Labute approximate surface area is 111 Å². The van der Waals surface area contributed by atoms with Crippen molar-refractivity contribution < 1.29 is 4.74 Å². The van der Waals surface area contributed by atoms with Gasteiger partial charge in [-0.25, -0.2) is 4.98 Å². The van der Waals surface area contributed by atoms with Gasteiger partial charge in [0, 0.05) is 11.4 Å². The van der Waals surface area contributed by atoms with Crippen LogP contribution < -0.4 is 10.1 Å². The summed E-state index contributed by atoms with van der Waals surface area (Å²) in [6, 6.07) is 2.09. The van der Waals surface area contributed by atoms with Crippen molar-refractivity contribution in [1.29, 1.82) is 0 Å². The number of thiophene rings is 1. The lowest BCUT2D eigenvalue weighted by Crippen LogP contribution is -2.12. The normalized spacial score (nSPS) is 12.7. The Morgan fingerprint density at radius 3 is 2.83 bits per heavy atom. The van der Waals surface area contributed by atoms with Gasteiger partial charge in [-0.05, 0) is 33.3 Å². The molecule has 0 aromatic carbocycles. The molecule has 1 unspecified atom stereocenters. The molecule has 1 N–H and O–H groups in total. The first-order chi connectivity index (χ1) is 8.63. The fourth-order valence-corrected chi connectivity index (χ4v) is 2.49. The number of aromatic nitrogens is 2. The summed E-state index contributed by atoms with van der Waals surface area (Å²) in [5.74, 6) is 1.33. The third-order valence-electron chi connectivity index (χ3n) is 2.70. The molecule has 0 aliphatic heterocycles. The van der Waals surface area contributed by atoms with Crippen molar-refractivity contribution in [2.75, 3.05) is 11.9 Å². The number of nitrogens with zero attached hydrogens (tertiary/aromatic N) is 2. The molecule has 98 valence electrons. The maximum atomic E-state index is 5.89. The van der Waals surface area contributed by atoms with Crippen LogP contribution in [0, 0.1) is 6.92 Å². The summed E-state index contributed by atoms with van der Waals surface area (Å²) >= 11 is 1.67. The van der Waals surface area contributed by atoms with Crippen LogP contribution in [-0.4, -0.2) is 22.6 Å². The van der Waals surface area contributed by atoms with Gasteiger partial charge < -0.3 is 10.1 Å². The van der Waals surface area contributed by atoms with E-state index in [9.17, 15) is 0 Å². The van der Waals surface area contributed by atoms with Crippen molar-refractivity contribution in [2.45, 2.75) is 40.2 Å². The number of hydrogen-bond acceptors (Lipinski definition) is 5. The van der Waals surface area contributed by atoms with Gasteiger partial charge in [-0.1, -0.05) is 6.92 Å². The maximum Gasteiger partial charge on any atom is 0.227 e. The first-order valence-corrected chi connectivity index (χ1v) is 7.14. The number of hydrogen-bond donors (Lipinski definition) is 1. The van der Waals surface area contributed by atoms with Crippen LogP contribution in [0.3, 0.4) is 0 Å². The van der Waals surface area contributed by atoms with E-state index in [0.29, 0.717) is 11.8 Å². The third kappa shape index (κ3) is 2.72. The fourth-order valence-electron chi connectivity index (χ4n) is 1.62. The van der Waals surface area contributed by atoms with E-state index >= 15 is 0 Å². The molecule has 0 amide bonds. The maximum absolute atomic E-state index is 5.89. The van der Waals surface area contributed by atoms with Crippen LogP contribution in [0.4, 0.5) is 5.95 Å². The Hall–Kier alpha value is -1.36. The van der Waals surface area contributed by atoms with E-state index in [2.05, 4.69) is 42.1 Å². The van der Waals surface area contributed by atoms with Crippen molar-refractivity contribution in [1.82, 2.24) is 9.97 Å². The van der Waals surface area contributed by atoms with Gasteiger partial charge in [0.25, 0.3) is 0 Å². The highest BCUT2D eigenvalue weighted by atomic mass is 32.1. The molecule has 0 saturated heterocycles. The van der Waals surface area contributed by atoms with Gasteiger partial charge in [0.05, 0.1) is 11.5 Å². The molecule has 1 atom stereocenters. The van der Waals surface area contributed by atoms with Crippen molar-refractivity contribution in [3.05, 3.63) is 10.9 Å². The Kier molecular flexibility index (Phi) is 4.01. The van der Waals surface area contributed by atoms with E-state index in [-0.39, 0.29) is 6.10 Å². The Balaban J connectivity index is 2.46. The highest BCUT2D eigenvalue weighted by molar-refractivity contribution is 7.18. The van der Waals surface area contributed by atoms with Crippen LogP contribution in [-0.2, 0) is 0 Å². The average Bonchev–Trinajstić information content (AvgIpc) is 2.70. The van der Waals surface area contributed by atoms with Crippen LogP contribution in [0.1, 0.15) is 32.1 Å². The molecule has 2 aromatic rings. The quantitative estimate of drug-likeness (QED) is 0.897. The van der Waals surface area contributed by atoms with E-state index in [1.165, 1.54) is 4.88 Å². The number of anilines is 1. The zero-order valence-electron chi connectivity index (χ0n) is 11.3. The summed E-state index contributed by atoms with van der Waals surface area (Å²) in [4.78, 5) is 11.2. The molecule has 0 fully saturated rings. The highest BCUT2D eigenvalue weighted by Gasteiger charge is 2.13. The number of nitrogens with one attached hydrogen (secondary N) is 1. The molecule has 5 heteroatoms. The van der Waals surface area contributed by atoms with Crippen LogP contribution in [0.2, 0.25) is 0 Å². The van der Waals surface area contributed by atoms with Gasteiger partial charge in [-0.2, -0.15) is 4.98 Å². The molecule has 2 aromatic heterocycles. The molecule has 0 aliphatic rings. The standard InChI is InChI=1S/C13H19N3OS/c1-5-8(3)17-11-10-7-9(4)18-12(10)16-13(15-11)14-6-2/h7-8H,5-6H2,1-4H3,(H,14,15,16). The van der Waals surface area contributed by atoms with E-state index in [0.717, 1.165) is 23.2 Å². The van der Waals surface area contributed by atoms with E-state index in [1.54, 1.807) is 11.3 Å². The lowest BCUT2D eigenvalue weighted by atomic mass is 10.3. The van der Waals surface area contributed by atoms with Crippen LogP contribution in [0.25, 0.3) is 10.2 Å². The summed E-state index contributed by atoms with van der Waals surface area (Å²) in [5.41, 5.74) is 0. The molecule has 2 heterocycles. The topological polar surface area (TPSA) is 47.0 Å². The predicted octanol–water partition coefficient (Wildman–Crippen LogP) is 3.61. The second kappa shape index (κ2) is 5.52. The van der Waals surface area contributed by atoms with Crippen LogP contribution >= 0.6 is 11.3 Å². The molecule has 0 radical (unpaired) electrons. The highest BCUT2D eigenvalue weighted by Crippen LogP contribution is 2.31. The average molecular weight is 265 g/mol. The van der Waals surface area contributed by atoms with Crippen molar-refractivity contribution in [2.24, 2.45) is 0 Å². The van der Waals surface area contributed by atoms with Gasteiger partial charge in [-0.3, -0.25) is 0 Å².